The quantitative estimate of drug-likeness (QED) is 0.802. The molecule has 1 fully saturated rings. The van der Waals surface area contributed by atoms with Crippen molar-refractivity contribution in [2.75, 3.05) is 6.61 Å². The Morgan fingerprint density at radius 2 is 2.00 bits per heavy atom. The first-order valence-electron chi connectivity index (χ1n) is 7.43. The third kappa shape index (κ3) is 2.61. The first kappa shape index (κ1) is 15.0. The number of benzene rings is 1. The maximum absolute atomic E-state index is 12.4. The van der Waals surface area contributed by atoms with E-state index in [-0.39, 0.29) is 5.97 Å². The molecule has 1 aromatic carbocycles. The Kier molecular flexibility index (Phi) is 4.16. The van der Waals surface area contributed by atoms with Crippen LogP contribution in [0, 0.1) is 0 Å². The molecule has 0 aliphatic heterocycles. The first-order chi connectivity index (χ1) is 10.7. The Labute approximate surface area is 133 Å². The lowest BCUT2D eigenvalue weighted by atomic mass is 9.86. The number of ether oxygens (including phenoxy) is 1. The minimum absolute atomic E-state index is 0.265. The molecule has 0 spiro atoms. The van der Waals surface area contributed by atoms with Crippen molar-refractivity contribution in [3.63, 3.8) is 0 Å². The number of hydrogen-bond donors (Lipinski definition) is 0. The van der Waals surface area contributed by atoms with Crippen molar-refractivity contribution >= 4 is 17.6 Å². The Bertz CT molecular complexity index is 660. The Hall–Kier alpha value is -1.88. The van der Waals surface area contributed by atoms with Crippen LogP contribution in [0.4, 0.5) is 0 Å². The lowest BCUT2D eigenvalue weighted by Crippen LogP contribution is -2.35. The van der Waals surface area contributed by atoms with Crippen molar-refractivity contribution in [2.45, 2.75) is 38.0 Å². The van der Waals surface area contributed by atoms with Crippen molar-refractivity contribution in [2.24, 2.45) is 0 Å². The number of aromatic nitrogens is 2. The zero-order valence-corrected chi connectivity index (χ0v) is 13.1. The zero-order valence-electron chi connectivity index (χ0n) is 12.3. The van der Waals surface area contributed by atoms with Crippen molar-refractivity contribution in [3.8, 4) is 11.4 Å². The van der Waals surface area contributed by atoms with Gasteiger partial charge in [-0.1, -0.05) is 29.6 Å². The fourth-order valence-corrected chi connectivity index (χ4v) is 3.01. The zero-order chi connectivity index (χ0) is 15.6. The monoisotopic (exact) mass is 320 g/mol. The highest BCUT2D eigenvalue weighted by molar-refractivity contribution is 6.30. The van der Waals surface area contributed by atoms with Gasteiger partial charge in [-0.25, -0.2) is 0 Å². The second-order valence-electron chi connectivity index (χ2n) is 5.44. The van der Waals surface area contributed by atoms with Crippen molar-refractivity contribution in [1.29, 1.82) is 0 Å². The summed E-state index contributed by atoms with van der Waals surface area (Å²) >= 11 is 5.88. The second-order valence-corrected chi connectivity index (χ2v) is 5.88. The predicted molar refractivity (Wildman–Crippen MR) is 81.5 cm³/mol. The van der Waals surface area contributed by atoms with Crippen molar-refractivity contribution in [1.82, 2.24) is 10.1 Å². The fourth-order valence-electron chi connectivity index (χ4n) is 2.89. The molecule has 1 aromatic heterocycles. The molecular weight excluding hydrogens is 304 g/mol. The van der Waals surface area contributed by atoms with Crippen LogP contribution in [0.5, 0.6) is 0 Å². The van der Waals surface area contributed by atoms with Crippen LogP contribution in [-0.2, 0) is 14.9 Å². The van der Waals surface area contributed by atoms with Gasteiger partial charge in [-0.15, -0.1) is 0 Å². The summed E-state index contributed by atoms with van der Waals surface area (Å²) in [7, 11) is 0. The highest BCUT2D eigenvalue weighted by atomic mass is 35.5. The minimum atomic E-state index is -0.784. The van der Waals surface area contributed by atoms with Gasteiger partial charge in [0.05, 0.1) is 6.61 Å². The molecule has 2 aromatic rings. The van der Waals surface area contributed by atoms with E-state index >= 15 is 0 Å². The molecule has 0 unspecified atom stereocenters. The van der Waals surface area contributed by atoms with Gasteiger partial charge in [0.1, 0.15) is 5.41 Å². The summed E-state index contributed by atoms with van der Waals surface area (Å²) in [6.07, 6.45) is 3.29. The van der Waals surface area contributed by atoms with Gasteiger partial charge in [0.2, 0.25) is 11.7 Å². The van der Waals surface area contributed by atoms with E-state index in [0.717, 1.165) is 18.4 Å². The third-order valence-electron chi connectivity index (χ3n) is 4.06. The topological polar surface area (TPSA) is 65.2 Å². The van der Waals surface area contributed by atoms with Crippen LogP contribution in [0.3, 0.4) is 0 Å². The fraction of sp³-hybridized carbons (Fsp3) is 0.438. The van der Waals surface area contributed by atoms with Gasteiger partial charge in [0.25, 0.3) is 0 Å². The number of rotatable bonds is 4. The Morgan fingerprint density at radius 3 is 2.64 bits per heavy atom. The van der Waals surface area contributed by atoms with Crippen LogP contribution in [0.1, 0.15) is 38.5 Å². The lowest BCUT2D eigenvalue weighted by molar-refractivity contribution is -0.151. The van der Waals surface area contributed by atoms with E-state index in [1.165, 1.54) is 0 Å². The van der Waals surface area contributed by atoms with E-state index in [0.29, 0.717) is 36.2 Å². The van der Waals surface area contributed by atoms with Gasteiger partial charge in [0, 0.05) is 10.6 Å². The molecule has 22 heavy (non-hydrogen) atoms. The molecule has 0 radical (unpaired) electrons. The third-order valence-corrected chi connectivity index (χ3v) is 4.31. The van der Waals surface area contributed by atoms with Gasteiger partial charge >= 0.3 is 5.97 Å². The van der Waals surface area contributed by atoms with Crippen LogP contribution < -0.4 is 0 Å². The van der Waals surface area contributed by atoms with Gasteiger partial charge in [-0.3, -0.25) is 4.79 Å². The highest BCUT2D eigenvalue weighted by Gasteiger charge is 2.49. The lowest BCUT2D eigenvalue weighted by Gasteiger charge is -2.21. The summed E-state index contributed by atoms with van der Waals surface area (Å²) in [5, 5.41) is 4.66. The number of nitrogens with zero attached hydrogens (tertiary/aromatic N) is 2. The molecule has 116 valence electrons. The molecular formula is C16H17ClN2O3. The molecule has 0 saturated heterocycles. The normalized spacial score (nSPS) is 16.6. The number of halogens is 1. The van der Waals surface area contributed by atoms with Crippen LogP contribution in [0.15, 0.2) is 28.8 Å². The number of carbonyl (C=O) groups is 1. The van der Waals surface area contributed by atoms with E-state index in [9.17, 15) is 4.79 Å². The maximum atomic E-state index is 12.4. The van der Waals surface area contributed by atoms with E-state index < -0.39 is 5.41 Å². The summed E-state index contributed by atoms with van der Waals surface area (Å²) in [6, 6.07) is 7.18. The van der Waals surface area contributed by atoms with Gasteiger partial charge in [-0.05, 0) is 44.0 Å². The average Bonchev–Trinajstić information content (AvgIpc) is 3.18. The average molecular weight is 321 g/mol. The molecule has 1 heterocycles. The summed E-state index contributed by atoms with van der Waals surface area (Å²) in [5.41, 5.74) is 0.0182. The molecule has 3 rings (SSSR count). The molecule has 0 atom stereocenters. The summed E-state index contributed by atoms with van der Waals surface area (Å²) in [6.45, 7) is 2.15. The summed E-state index contributed by atoms with van der Waals surface area (Å²) < 4.78 is 10.6. The first-order valence-corrected chi connectivity index (χ1v) is 7.81. The van der Waals surface area contributed by atoms with Gasteiger partial charge in [0.15, 0.2) is 0 Å². The van der Waals surface area contributed by atoms with Crippen molar-refractivity contribution in [3.05, 3.63) is 35.2 Å². The maximum Gasteiger partial charge on any atom is 0.321 e. The molecule has 0 bridgehead atoms. The number of esters is 1. The smallest absolute Gasteiger partial charge is 0.321 e. The minimum Gasteiger partial charge on any atom is -0.465 e. The number of carbonyl (C=O) groups excluding carboxylic acids is 1. The standard InChI is InChI=1S/C16H17ClN2O3/c1-2-21-15(20)16(9-3-4-10-16)14-18-13(19-22-14)11-5-7-12(17)8-6-11/h5-8H,2-4,9-10H2,1H3. The van der Waals surface area contributed by atoms with E-state index in [1.807, 2.05) is 12.1 Å². The predicted octanol–water partition coefficient (Wildman–Crippen LogP) is 3.76. The SMILES string of the molecule is CCOC(=O)C1(c2nc(-c3ccc(Cl)cc3)no2)CCCC1. The molecule has 0 N–H and O–H groups in total. The van der Waals surface area contributed by atoms with Crippen LogP contribution in [0.25, 0.3) is 11.4 Å². The number of hydrogen-bond acceptors (Lipinski definition) is 5. The molecule has 1 aliphatic carbocycles. The summed E-state index contributed by atoms with van der Waals surface area (Å²) in [4.78, 5) is 16.8. The highest BCUT2D eigenvalue weighted by Crippen LogP contribution is 2.42. The largest absolute Gasteiger partial charge is 0.465 e. The van der Waals surface area contributed by atoms with E-state index in [2.05, 4.69) is 10.1 Å². The molecule has 1 aliphatic rings. The second kappa shape index (κ2) is 6.08. The van der Waals surface area contributed by atoms with Gasteiger partial charge < -0.3 is 9.26 Å². The molecule has 6 heteroatoms. The molecule has 5 nitrogen and oxygen atoms in total. The van der Waals surface area contributed by atoms with E-state index in [1.54, 1.807) is 19.1 Å². The molecule has 0 amide bonds. The van der Waals surface area contributed by atoms with Crippen LogP contribution in [0.2, 0.25) is 5.02 Å². The Morgan fingerprint density at radius 1 is 1.32 bits per heavy atom. The van der Waals surface area contributed by atoms with Crippen molar-refractivity contribution < 1.29 is 14.1 Å². The van der Waals surface area contributed by atoms with Crippen LogP contribution in [-0.4, -0.2) is 22.7 Å². The van der Waals surface area contributed by atoms with Crippen LogP contribution >= 0.6 is 11.6 Å². The Balaban J connectivity index is 1.94. The van der Waals surface area contributed by atoms with E-state index in [4.69, 9.17) is 20.9 Å². The molecule has 1 saturated carbocycles. The van der Waals surface area contributed by atoms with Gasteiger partial charge in [-0.2, -0.15) is 4.98 Å². The summed E-state index contributed by atoms with van der Waals surface area (Å²) in [5.74, 6) is 0.550.